The van der Waals surface area contributed by atoms with Crippen molar-refractivity contribution in [3.63, 3.8) is 0 Å². The first-order valence-electron chi connectivity index (χ1n) is 5.61. The van der Waals surface area contributed by atoms with Gasteiger partial charge in [0.05, 0.1) is 0 Å². The fourth-order valence-corrected chi connectivity index (χ4v) is 1.79. The van der Waals surface area contributed by atoms with Crippen molar-refractivity contribution >= 4 is 29.2 Å². The Labute approximate surface area is 117 Å². The smallest absolute Gasteiger partial charge is 0.323 e. The van der Waals surface area contributed by atoms with Gasteiger partial charge < -0.3 is 10.5 Å². The molecule has 0 fully saturated rings. The van der Waals surface area contributed by atoms with Gasteiger partial charge in [-0.05, 0) is 51.0 Å². The van der Waals surface area contributed by atoms with Crippen LogP contribution in [0.5, 0.6) is 0 Å². The minimum absolute atomic E-state index is 0.300. The van der Waals surface area contributed by atoms with Crippen LogP contribution in [-0.2, 0) is 16.0 Å². The molecule has 0 radical (unpaired) electrons. The van der Waals surface area contributed by atoms with Crippen molar-refractivity contribution in [3.05, 3.63) is 33.8 Å². The Bertz CT molecular complexity index is 441. The van der Waals surface area contributed by atoms with Crippen LogP contribution >= 0.6 is 23.2 Å². The highest BCUT2D eigenvalue weighted by Crippen LogP contribution is 2.22. The van der Waals surface area contributed by atoms with E-state index in [2.05, 4.69) is 0 Å². The minimum atomic E-state index is -0.750. The Balaban J connectivity index is 2.72. The second-order valence-corrected chi connectivity index (χ2v) is 5.92. The zero-order valence-electron chi connectivity index (χ0n) is 10.7. The van der Waals surface area contributed by atoms with Gasteiger partial charge in [-0.1, -0.05) is 23.2 Å². The van der Waals surface area contributed by atoms with Crippen LogP contribution < -0.4 is 5.73 Å². The van der Waals surface area contributed by atoms with E-state index in [-0.39, 0.29) is 0 Å². The van der Waals surface area contributed by atoms with Crippen LogP contribution in [0.25, 0.3) is 0 Å². The monoisotopic (exact) mass is 289 g/mol. The van der Waals surface area contributed by atoms with E-state index in [1.807, 2.05) is 0 Å². The molecule has 1 aromatic carbocycles. The Morgan fingerprint density at radius 1 is 1.39 bits per heavy atom. The van der Waals surface area contributed by atoms with Crippen LogP contribution in [0.2, 0.25) is 10.0 Å². The molecule has 0 aromatic heterocycles. The Morgan fingerprint density at radius 3 is 2.56 bits per heavy atom. The third-order valence-electron chi connectivity index (χ3n) is 2.16. The van der Waals surface area contributed by atoms with Gasteiger partial charge in [0.2, 0.25) is 0 Å². The summed E-state index contributed by atoms with van der Waals surface area (Å²) in [5.74, 6) is -0.446. The highest BCUT2D eigenvalue weighted by Gasteiger charge is 2.23. The first kappa shape index (κ1) is 15.3. The van der Waals surface area contributed by atoms with Crippen LogP contribution in [0.1, 0.15) is 26.3 Å². The van der Waals surface area contributed by atoms with Crippen molar-refractivity contribution in [1.29, 1.82) is 0 Å². The molecular weight excluding hydrogens is 273 g/mol. The van der Waals surface area contributed by atoms with Crippen molar-refractivity contribution in [1.82, 2.24) is 0 Å². The molecule has 3 nitrogen and oxygen atoms in total. The highest BCUT2D eigenvalue weighted by molar-refractivity contribution is 6.33. The number of carbonyl (C=O) groups excluding carboxylic acids is 1. The molecule has 5 heteroatoms. The van der Waals surface area contributed by atoms with Gasteiger partial charge in [0.15, 0.2) is 0 Å². The van der Waals surface area contributed by atoms with Crippen molar-refractivity contribution in [3.8, 4) is 0 Å². The molecule has 0 bridgehead atoms. The first-order valence-corrected chi connectivity index (χ1v) is 6.37. The molecule has 0 spiro atoms. The van der Waals surface area contributed by atoms with Crippen LogP contribution in [0.15, 0.2) is 18.2 Å². The topological polar surface area (TPSA) is 52.3 Å². The molecule has 2 N–H and O–H groups in total. The lowest BCUT2D eigenvalue weighted by Gasteiger charge is -2.22. The normalized spacial score (nSPS) is 13.2. The summed E-state index contributed by atoms with van der Waals surface area (Å²) in [7, 11) is 0. The second-order valence-electron chi connectivity index (χ2n) is 5.08. The standard InChI is InChI=1S/C13H17Cl2NO2/c1-13(2,3)18-12(17)11(16)7-8-6-9(14)4-5-10(8)15/h4-6,11H,7,16H2,1-3H3/t11-/m0/s1. The Kier molecular flexibility index (Phi) is 5.02. The molecular formula is C13H17Cl2NO2. The summed E-state index contributed by atoms with van der Waals surface area (Å²) in [6, 6.07) is 4.32. The molecule has 0 saturated carbocycles. The summed E-state index contributed by atoms with van der Waals surface area (Å²) in [5, 5.41) is 1.10. The number of nitrogens with two attached hydrogens (primary N) is 1. The molecule has 1 aromatic rings. The largest absolute Gasteiger partial charge is 0.459 e. The van der Waals surface area contributed by atoms with Gasteiger partial charge in [-0.3, -0.25) is 4.79 Å². The van der Waals surface area contributed by atoms with Gasteiger partial charge in [-0.2, -0.15) is 0 Å². The molecule has 18 heavy (non-hydrogen) atoms. The van der Waals surface area contributed by atoms with Gasteiger partial charge in [0.1, 0.15) is 11.6 Å². The van der Waals surface area contributed by atoms with Gasteiger partial charge in [0, 0.05) is 10.0 Å². The quantitative estimate of drug-likeness (QED) is 0.870. The molecule has 0 amide bonds. The van der Waals surface area contributed by atoms with E-state index < -0.39 is 17.6 Å². The van der Waals surface area contributed by atoms with Crippen LogP contribution in [0, 0.1) is 0 Å². The highest BCUT2D eigenvalue weighted by atomic mass is 35.5. The van der Waals surface area contributed by atoms with Crippen LogP contribution in [0.4, 0.5) is 0 Å². The number of hydrogen-bond donors (Lipinski definition) is 1. The van der Waals surface area contributed by atoms with Crippen molar-refractivity contribution < 1.29 is 9.53 Å². The maximum atomic E-state index is 11.7. The summed E-state index contributed by atoms with van der Waals surface area (Å²) in [4.78, 5) is 11.7. The van der Waals surface area contributed by atoms with Gasteiger partial charge in [-0.15, -0.1) is 0 Å². The summed E-state index contributed by atoms with van der Waals surface area (Å²) >= 11 is 11.9. The third-order valence-corrected chi connectivity index (χ3v) is 2.76. The van der Waals surface area contributed by atoms with E-state index in [9.17, 15) is 4.79 Å². The van der Waals surface area contributed by atoms with Crippen LogP contribution in [0.3, 0.4) is 0 Å². The molecule has 0 saturated heterocycles. The fraction of sp³-hybridized carbons (Fsp3) is 0.462. The number of benzene rings is 1. The lowest BCUT2D eigenvalue weighted by Crippen LogP contribution is -2.38. The lowest BCUT2D eigenvalue weighted by molar-refractivity contribution is -0.156. The summed E-state index contributed by atoms with van der Waals surface area (Å²) in [6.07, 6.45) is 0.300. The average Bonchev–Trinajstić information content (AvgIpc) is 2.21. The first-order chi connectivity index (χ1) is 8.19. The van der Waals surface area contributed by atoms with E-state index in [1.165, 1.54) is 0 Å². The van der Waals surface area contributed by atoms with E-state index in [4.69, 9.17) is 33.7 Å². The molecule has 0 aliphatic heterocycles. The summed E-state index contributed by atoms with van der Waals surface area (Å²) in [6.45, 7) is 5.39. The lowest BCUT2D eigenvalue weighted by atomic mass is 10.1. The minimum Gasteiger partial charge on any atom is -0.459 e. The van der Waals surface area contributed by atoms with E-state index in [1.54, 1.807) is 39.0 Å². The predicted molar refractivity (Wildman–Crippen MR) is 74.0 cm³/mol. The second kappa shape index (κ2) is 5.91. The zero-order chi connectivity index (χ0) is 13.9. The van der Waals surface area contributed by atoms with Gasteiger partial charge >= 0.3 is 5.97 Å². The van der Waals surface area contributed by atoms with E-state index >= 15 is 0 Å². The number of ether oxygens (including phenoxy) is 1. The number of carbonyl (C=O) groups is 1. The number of halogens is 2. The van der Waals surface area contributed by atoms with Crippen LogP contribution in [-0.4, -0.2) is 17.6 Å². The zero-order valence-corrected chi connectivity index (χ0v) is 12.2. The average molecular weight is 290 g/mol. The van der Waals surface area contributed by atoms with E-state index in [0.717, 1.165) is 5.56 Å². The number of esters is 1. The number of rotatable bonds is 3. The predicted octanol–water partition coefficient (Wildman–Crippen LogP) is 3.20. The molecule has 0 heterocycles. The fourth-order valence-electron chi connectivity index (χ4n) is 1.40. The number of hydrogen-bond acceptors (Lipinski definition) is 3. The van der Waals surface area contributed by atoms with E-state index in [0.29, 0.717) is 16.5 Å². The SMILES string of the molecule is CC(C)(C)OC(=O)[C@@H](N)Cc1cc(Cl)ccc1Cl. The molecule has 100 valence electrons. The molecule has 1 atom stereocenters. The van der Waals surface area contributed by atoms with Crippen molar-refractivity contribution in [2.75, 3.05) is 0 Å². The molecule has 0 unspecified atom stereocenters. The maximum absolute atomic E-state index is 11.7. The third kappa shape index (κ3) is 4.84. The molecule has 0 aliphatic rings. The molecule has 0 aliphatic carbocycles. The maximum Gasteiger partial charge on any atom is 0.323 e. The molecule has 1 rings (SSSR count). The summed E-state index contributed by atoms with van der Waals surface area (Å²) < 4.78 is 5.20. The summed E-state index contributed by atoms with van der Waals surface area (Å²) in [5.41, 5.74) is 5.99. The van der Waals surface area contributed by atoms with Crippen molar-refractivity contribution in [2.24, 2.45) is 5.73 Å². The van der Waals surface area contributed by atoms with Gasteiger partial charge in [-0.25, -0.2) is 0 Å². The van der Waals surface area contributed by atoms with Crippen molar-refractivity contribution in [2.45, 2.75) is 38.8 Å². The van der Waals surface area contributed by atoms with Gasteiger partial charge in [0.25, 0.3) is 0 Å². The Hall–Kier alpha value is -0.770. The Morgan fingerprint density at radius 2 is 2.00 bits per heavy atom.